The lowest BCUT2D eigenvalue weighted by Gasteiger charge is -2.11. The topological polar surface area (TPSA) is 26.3 Å². The van der Waals surface area contributed by atoms with E-state index in [-0.39, 0.29) is 10.6 Å². The predicted octanol–water partition coefficient (Wildman–Crippen LogP) is 3.32. The number of hydrogen-bond donors (Lipinski definition) is 0. The molecule has 0 saturated heterocycles. The molecule has 0 N–H and O–H groups in total. The molecule has 1 unspecified atom stereocenters. The number of hydrogen-bond acceptors (Lipinski definition) is 2. The van der Waals surface area contributed by atoms with Crippen molar-refractivity contribution in [3.8, 4) is 5.75 Å². The Bertz CT molecular complexity index is 352. The summed E-state index contributed by atoms with van der Waals surface area (Å²) in [4.78, 5) is 10.9. The second-order valence-corrected chi connectivity index (χ2v) is 5.02. The smallest absolute Gasteiger partial charge is 0.147 e. The van der Waals surface area contributed by atoms with Gasteiger partial charge in [0.2, 0.25) is 0 Å². The molecule has 1 aromatic rings. The summed E-state index contributed by atoms with van der Waals surface area (Å²) in [6.45, 7) is 1.55. The van der Waals surface area contributed by atoms with E-state index >= 15 is 0 Å². The maximum absolute atomic E-state index is 11.2. The van der Waals surface area contributed by atoms with Crippen LogP contribution >= 0.6 is 38.5 Å². The van der Waals surface area contributed by atoms with Crippen molar-refractivity contribution in [1.29, 1.82) is 0 Å². The van der Waals surface area contributed by atoms with Gasteiger partial charge in [0.1, 0.15) is 16.4 Å². The maximum atomic E-state index is 11.2. The number of methoxy groups -OCH3 is 1. The first-order chi connectivity index (χ1) is 6.56. The average Bonchev–Trinajstić information content (AvgIpc) is 2.16. The SMILES string of the molecule is COc1ccc(I)cc1C(Br)C(C)=O. The molecule has 0 aromatic heterocycles. The minimum absolute atomic E-state index is 0.0744. The van der Waals surface area contributed by atoms with Gasteiger partial charge in [-0.2, -0.15) is 0 Å². The van der Waals surface area contributed by atoms with Crippen LogP contribution in [0.25, 0.3) is 0 Å². The van der Waals surface area contributed by atoms with E-state index in [4.69, 9.17) is 4.74 Å². The quantitative estimate of drug-likeness (QED) is 0.604. The van der Waals surface area contributed by atoms with Crippen molar-refractivity contribution < 1.29 is 9.53 Å². The monoisotopic (exact) mass is 368 g/mol. The van der Waals surface area contributed by atoms with Gasteiger partial charge in [0.25, 0.3) is 0 Å². The van der Waals surface area contributed by atoms with Crippen LogP contribution in [0.3, 0.4) is 0 Å². The summed E-state index contributed by atoms with van der Waals surface area (Å²) in [5.41, 5.74) is 0.881. The molecule has 0 radical (unpaired) electrons. The molecule has 76 valence electrons. The standard InChI is InChI=1S/C10H10BrIO2/c1-6(13)10(11)8-5-7(12)3-4-9(8)14-2/h3-5,10H,1-2H3. The molecule has 1 rings (SSSR count). The number of alkyl halides is 1. The lowest BCUT2D eigenvalue weighted by atomic mass is 10.1. The van der Waals surface area contributed by atoms with E-state index in [2.05, 4.69) is 38.5 Å². The third-order valence-electron chi connectivity index (χ3n) is 1.82. The van der Waals surface area contributed by atoms with E-state index in [0.29, 0.717) is 0 Å². The largest absolute Gasteiger partial charge is 0.496 e. The van der Waals surface area contributed by atoms with E-state index in [1.54, 1.807) is 14.0 Å². The fourth-order valence-electron chi connectivity index (χ4n) is 1.12. The van der Waals surface area contributed by atoms with Crippen molar-refractivity contribution in [2.45, 2.75) is 11.8 Å². The van der Waals surface area contributed by atoms with Gasteiger partial charge in [0, 0.05) is 9.13 Å². The van der Waals surface area contributed by atoms with Crippen molar-refractivity contribution in [2.75, 3.05) is 7.11 Å². The summed E-state index contributed by atoms with van der Waals surface area (Å²) in [5.74, 6) is 0.813. The Labute approximate surface area is 105 Å². The Morgan fingerprint density at radius 1 is 1.57 bits per heavy atom. The highest BCUT2D eigenvalue weighted by Crippen LogP contribution is 2.32. The van der Waals surface area contributed by atoms with E-state index in [9.17, 15) is 4.79 Å². The second kappa shape index (κ2) is 5.11. The predicted molar refractivity (Wildman–Crippen MR) is 68.1 cm³/mol. The van der Waals surface area contributed by atoms with Crippen molar-refractivity contribution >= 4 is 44.3 Å². The fraction of sp³-hybridized carbons (Fsp3) is 0.300. The van der Waals surface area contributed by atoms with E-state index < -0.39 is 0 Å². The number of ether oxygens (including phenoxy) is 1. The Hall–Kier alpha value is -0.100. The van der Waals surface area contributed by atoms with E-state index in [0.717, 1.165) is 14.9 Å². The Morgan fingerprint density at radius 2 is 2.21 bits per heavy atom. The van der Waals surface area contributed by atoms with Gasteiger partial charge in [0.15, 0.2) is 0 Å². The molecule has 0 heterocycles. The third-order valence-corrected chi connectivity index (χ3v) is 3.63. The van der Waals surface area contributed by atoms with Crippen LogP contribution < -0.4 is 4.74 Å². The van der Waals surface area contributed by atoms with Gasteiger partial charge in [0.05, 0.1) is 7.11 Å². The molecule has 0 aliphatic rings. The first-order valence-corrected chi connectivity index (χ1v) is 6.03. The fourth-order valence-corrected chi connectivity index (χ4v) is 2.00. The summed E-state index contributed by atoms with van der Waals surface area (Å²) in [6, 6.07) is 5.76. The van der Waals surface area contributed by atoms with Crippen LogP contribution in [-0.4, -0.2) is 12.9 Å². The number of ketones is 1. The Kier molecular flexibility index (Phi) is 4.37. The van der Waals surface area contributed by atoms with Crippen LogP contribution in [-0.2, 0) is 4.79 Å². The lowest BCUT2D eigenvalue weighted by molar-refractivity contribution is -0.116. The number of carbonyl (C=O) groups is 1. The van der Waals surface area contributed by atoms with Crippen molar-refractivity contribution in [3.05, 3.63) is 27.3 Å². The molecule has 0 amide bonds. The molecule has 0 fully saturated rings. The normalized spacial score (nSPS) is 12.3. The first-order valence-electron chi connectivity index (χ1n) is 4.04. The highest BCUT2D eigenvalue weighted by atomic mass is 127. The average molecular weight is 369 g/mol. The third kappa shape index (κ3) is 2.70. The Balaban J connectivity index is 3.16. The number of benzene rings is 1. The number of rotatable bonds is 3. The summed E-state index contributed by atoms with van der Waals surface area (Å²) in [5, 5.41) is 0. The minimum atomic E-state index is -0.285. The molecule has 4 heteroatoms. The molecule has 0 bridgehead atoms. The van der Waals surface area contributed by atoms with E-state index in [1.165, 1.54) is 0 Å². The van der Waals surface area contributed by atoms with Crippen molar-refractivity contribution in [2.24, 2.45) is 0 Å². The zero-order chi connectivity index (χ0) is 10.7. The zero-order valence-electron chi connectivity index (χ0n) is 7.88. The molecule has 2 nitrogen and oxygen atoms in total. The van der Waals surface area contributed by atoms with Gasteiger partial charge in [-0.15, -0.1) is 0 Å². The van der Waals surface area contributed by atoms with Crippen LogP contribution in [0.15, 0.2) is 18.2 Å². The molecule has 0 saturated carbocycles. The van der Waals surface area contributed by atoms with Gasteiger partial charge in [-0.05, 0) is 47.7 Å². The highest BCUT2D eigenvalue weighted by molar-refractivity contribution is 14.1. The molecule has 0 aliphatic carbocycles. The van der Waals surface area contributed by atoms with Gasteiger partial charge >= 0.3 is 0 Å². The van der Waals surface area contributed by atoms with Gasteiger partial charge in [-0.25, -0.2) is 0 Å². The zero-order valence-corrected chi connectivity index (χ0v) is 11.6. The van der Waals surface area contributed by atoms with Gasteiger partial charge in [-0.1, -0.05) is 15.9 Å². The maximum Gasteiger partial charge on any atom is 0.147 e. The van der Waals surface area contributed by atoms with Crippen LogP contribution in [0.4, 0.5) is 0 Å². The van der Waals surface area contributed by atoms with Crippen molar-refractivity contribution in [1.82, 2.24) is 0 Å². The molecular formula is C10H10BrIO2. The van der Waals surface area contributed by atoms with Crippen LogP contribution in [0.1, 0.15) is 17.3 Å². The highest BCUT2D eigenvalue weighted by Gasteiger charge is 2.17. The molecule has 1 aromatic carbocycles. The summed E-state index contributed by atoms with van der Waals surface area (Å²) < 4.78 is 6.27. The number of carbonyl (C=O) groups excluding carboxylic acids is 1. The van der Waals surface area contributed by atoms with Crippen LogP contribution in [0.5, 0.6) is 5.75 Å². The van der Waals surface area contributed by atoms with Crippen molar-refractivity contribution in [3.63, 3.8) is 0 Å². The lowest BCUT2D eigenvalue weighted by Crippen LogP contribution is -2.03. The summed E-state index contributed by atoms with van der Waals surface area (Å²) >= 11 is 5.55. The van der Waals surface area contributed by atoms with E-state index in [1.807, 2.05) is 18.2 Å². The van der Waals surface area contributed by atoms with Crippen LogP contribution in [0, 0.1) is 3.57 Å². The number of halogens is 2. The summed E-state index contributed by atoms with van der Waals surface area (Å²) in [7, 11) is 1.60. The second-order valence-electron chi connectivity index (χ2n) is 2.86. The molecule has 0 aliphatic heterocycles. The first kappa shape index (κ1) is 12.0. The molecular weight excluding hydrogens is 359 g/mol. The molecule has 14 heavy (non-hydrogen) atoms. The van der Waals surface area contributed by atoms with Gasteiger partial charge in [-0.3, -0.25) is 4.79 Å². The number of Topliss-reactive ketones (excluding diaryl/α,β-unsaturated/α-hetero) is 1. The van der Waals surface area contributed by atoms with Crippen LogP contribution in [0.2, 0.25) is 0 Å². The van der Waals surface area contributed by atoms with Gasteiger partial charge < -0.3 is 4.74 Å². The summed E-state index contributed by atoms with van der Waals surface area (Å²) in [6.07, 6.45) is 0. The Morgan fingerprint density at radius 3 is 2.71 bits per heavy atom. The molecule has 0 spiro atoms. The minimum Gasteiger partial charge on any atom is -0.496 e. The molecule has 1 atom stereocenters.